The van der Waals surface area contributed by atoms with Crippen LogP contribution in [0.3, 0.4) is 0 Å². The molecule has 0 spiro atoms. The third-order valence-corrected chi connectivity index (χ3v) is 4.06. The van der Waals surface area contributed by atoms with Gasteiger partial charge in [0.2, 0.25) is 5.91 Å². The van der Waals surface area contributed by atoms with Crippen molar-refractivity contribution in [2.75, 3.05) is 13.1 Å². The molecule has 1 saturated carbocycles. The SMILES string of the molecule is CCC(CC)CNC(=O)C1(CN)CC(C)C1. The molecule has 3 nitrogen and oxygen atoms in total. The summed E-state index contributed by atoms with van der Waals surface area (Å²) < 4.78 is 0. The van der Waals surface area contributed by atoms with E-state index in [1.54, 1.807) is 0 Å². The highest BCUT2D eigenvalue weighted by atomic mass is 16.2. The number of amides is 1. The molecule has 16 heavy (non-hydrogen) atoms. The molecular formula is C13H26N2O. The summed E-state index contributed by atoms with van der Waals surface area (Å²) in [5.41, 5.74) is 5.50. The summed E-state index contributed by atoms with van der Waals surface area (Å²) in [5.74, 6) is 1.44. The van der Waals surface area contributed by atoms with Gasteiger partial charge in [0.1, 0.15) is 0 Å². The second-order valence-corrected chi connectivity index (χ2v) is 5.39. The Hall–Kier alpha value is -0.570. The molecule has 0 bridgehead atoms. The van der Waals surface area contributed by atoms with E-state index in [0.29, 0.717) is 18.4 Å². The first-order chi connectivity index (χ1) is 7.57. The Morgan fingerprint density at radius 2 is 2.00 bits per heavy atom. The third kappa shape index (κ3) is 2.76. The molecule has 0 aromatic rings. The third-order valence-electron chi connectivity index (χ3n) is 4.06. The van der Waals surface area contributed by atoms with Gasteiger partial charge in [0.25, 0.3) is 0 Å². The summed E-state index contributed by atoms with van der Waals surface area (Å²) in [5, 5.41) is 3.08. The van der Waals surface area contributed by atoms with Crippen molar-refractivity contribution in [1.82, 2.24) is 5.32 Å². The van der Waals surface area contributed by atoms with Crippen LogP contribution in [0.1, 0.15) is 46.5 Å². The van der Waals surface area contributed by atoms with Gasteiger partial charge in [-0.1, -0.05) is 33.6 Å². The predicted molar refractivity (Wildman–Crippen MR) is 67.0 cm³/mol. The summed E-state index contributed by atoms with van der Waals surface area (Å²) in [6, 6.07) is 0. The zero-order valence-corrected chi connectivity index (χ0v) is 10.9. The van der Waals surface area contributed by atoms with E-state index in [1.165, 1.54) is 0 Å². The number of carbonyl (C=O) groups excluding carboxylic acids is 1. The van der Waals surface area contributed by atoms with Gasteiger partial charge in [-0.15, -0.1) is 0 Å². The molecule has 0 aromatic heterocycles. The van der Waals surface area contributed by atoms with Crippen LogP contribution in [0.5, 0.6) is 0 Å². The van der Waals surface area contributed by atoms with Gasteiger partial charge in [-0.25, -0.2) is 0 Å². The first-order valence-electron chi connectivity index (χ1n) is 6.56. The Labute approximate surface area is 99.2 Å². The second-order valence-electron chi connectivity index (χ2n) is 5.39. The van der Waals surface area contributed by atoms with Crippen LogP contribution in [0.25, 0.3) is 0 Å². The molecule has 1 amide bonds. The highest BCUT2D eigenvalue weighted by Gasteiger charge is 2.46. The van der Waals surface area contributed by atoms with Gasteiger partial charge in [-0.3, -0.25) is 4.79 Å². The van der Waals surface area contributed by atoms with Gasteiger partial charge < -0.3 is 11.1 Å². The Bertz CT molecular complexity index is 230. The highest BCUT2D eigenvalue weighted by molar-refractivity contribution is 5.83. The quantitative estimate of drug-likeness (QED) is 0.727. The van der Waals surface area contributed by atoms with Crippen molar-refractivity contribution < 1.29 is 4.79 Å². The average molecular weight is 226 g/mol. The maximum Gasteiger partial charge on any atom is 0.227 e. The van der Waals surface area contributed by atoms with Crippen LogP contribution < -0.4 is 11.1 Å². The van der Waals surface area contributed by atoms with Crippen molar-refractivity contribution in [3.63, 3.8) is 0 Å². The molecular weight excluding hydrogens is 200 g/mol. The number of nitrogens with one attached hydrogen (secondary N) is 1. The fourth-order valence-electron chi connectivity index (χ4n) is 2.72. The van der Waals surface area contributed by atoms with E-state index >= 15 is 0 Å². The van der Waals surface area contributed by atoms with Crippen LogP contribution in [0.15, 0.2) is 0 Å². The van der Waals surface area contributed by atoms with Crippen LogP contribution in [0.4, 0.5) is 0 Å². The van der Waals surface area contributed by atoms with Gasteiger partial charge in [0.15, 0.2) is 0 Å². The Morgan fingerprint density at radius 3 is 2.38 bits per heavy atom. The molecule has 0 unspecified atom stereocenters. The van der Waals surface area contributed by atoms with Crippen LogP contribution in [-0.4, -0.2) is 19.0 Å². The standard InChI is InChI=1S/C13H26N2O/c1-4-11(5-2)8-15-12(16)13(9-14)6-10(3)7-13/h10-11H,4-9,14H2,1-3H3,(H,15,16). The van der Waals surface area contributed by atoms with Crippen molar-refractivity contribution in [3.8, 4) is 0 Å². The second kappa shape index (κ2) is 5.67. The molecule has 0 aliphatic heterocycles. The largest absolute Gasteiger partial charge is 0.355 e. The fraction of sp³-hybridized carbons (Fsp3) is 0.923. The summed E-state index contributed by atoms with van der Waals surface area (Å²) in [6.07, 6.45) is 4.17. The van der Waals surface area contributed by atoms with Gasteiger partial charge in [0, 0.05) is 13.1 Å². The van der Waals surface area contributed by atoms with Crippen molar-refractivity contribution in [1.29, 1.82) is 0 Å². The van der Waals surface area contributed by atoms with E-state index in [1.807, 2.05) is 0 Å². The maximum atomic E-state index is 12.1. The molecule has 0 aromatic carbocycles. The van der Waals surface area contributed by atoms with Crippen molar-refractivity contribution in [3.05, 3.63) is 0 Å². The molecule has 94 valence electrons. The van der Waals surface area contributed by atoms with Crippen molar-refractivity contribution in [2.45, 2.75) is 46.5 Å². The highest BCUT2D eigenvalue weighted by Crippen LogP contribution is 2.44. The molecule has 1 rings (SSSR count). The molecule has 0 atom stereocenters. The van der Waals surface area contributed by atoms with E-state index in [4.69, 9.17) is 5.73 Å². The smallest absolute Gasteiger partial charge is 0.227 e. The van der Waals surface area contributed by atoms with Crippen molar-refractivity contribution >= 4 is 5.91 Å². The molecule has 0 radical (unpaired) electrons. The summed E-state index contributed by atoms with van der Waals surface area (Å²) in [7, 11) is 0. The minimum Gasteiger partial charge on any atom is -0.355 e. The molecule has 0 saturated heterocycles. The first kappa shape index (κ1) is 13.5. The lowest BCUT2D eigenvalue weighted by atomic mass is 9.62. The molecule has 1 aliphatic carbocycles. The van der Waals surface area contributed by atoms with E-state index in [0.717, 1.165) is 32.2 Å². The fourth-order valence-corrected chi connectivity index (χ4v) is 2.72. The number of rotatable bonds is 6. The lowest BCUT2D eigenvalue weighted by molar-refractivity contribution is -0.138. The van der Waals surface area contributed by atoms with Crippen LogP contribution in [0.2, 0.25) is 0 Å². The lowest BCUT2D eigenvalue weighted by Gasteiger charge is -2.44. The monoisotopic (exact) mass is 226 g/mol. The molecule has 0 heterocycles. The van der Waals surface area contributed by atoms with Gasteiger partial charge in [-0.05, 0) is 24.7 Å². The Kier molecular flexibility index (Phi) is 4.78. The molecule has 1 aliphatic rings. The maximum absolute atomic E-state index is 12.1. The number of hydrogen-bond donors (Lipinski definition) is 2. The van der Waals surface area contributed by atoms with Gasteiger partial charge in [-0.2, -0.15) is 0 Å². The lowest BCUT2D eigenvalue weighted by Crippen LogP contribution is -2.54. The van der Waals surface area contributed by atoms with E-state index in [9.17, 15) is 4.79 Å². The summed E-state index contributed by atoms with van der Waals surface area (Å²) in [4.78, 5) is 12.1. The molecule has 1 fully saturated rings. The van der Waals surface area contributed by atoms with Crippen LogP contribution >= 0.6 is 0 Å². The van der Waals surface area contributed by atoms with E-state index < -0.39 is 0 Å². The summed E-state index contributed by atoms with van der Waals surface area (Å²) >= 11 is 0. The number of nitrogens with two attached hydrogens (primary N) is 1. The zero-order valence-electron chi connectivity index (χ0n) is 10.9. The van der Waals surface area contributed by atoms with Crippen LogP contribution in [-0.2, 0) is 4.79 Å². The summed E-state index contributed by atoms with van der Waals surface area (Å²) in [6.45, 7) is 7.82. The molecule has 3 N–H and O–H groups in total. The normalized spacial score (nSPS) is 28.9. The minimum atomic E-state index is -0.245. The van der Waals surface area contributed by atoms with Crippen LogP contribution in [0, 0.1) is 17.3 Å². The van der Waals surface area contributed by atoms with Gasteiger partial charge >= 0.3 is 0 Å². The topological polar surface area (TPSA) is 55.1 Å². The Morgan fingerprint density at radius 1 is 1.44 bits per heavy atom. The minimum absolute atomic E-state index is 0.181. The Balaban J connectivity index is 2.39. The van der Waals surface area contributed by atoms with E-state index in [2.05, 4.69) is 26.1 Å². The van der Waals surface area contributed by atoms with Gasteiger partial charge in [0.05, 0.1) is 5.41 Å². The number of carbonyl (C=O) groups is 1. The molecule has 3 heteroatoms. The average Bonchev–Trinajstić information content (AvgIpc) is 2.25. The van der Waals surface area contributed by atoms with Crippen molar-refractivity contribution in [2.24, 2.45) is 23.0 Å². The number of hydrogen-bond acceptors (Lipinski definition) is 2. The first-order valence-corrected chi connectivity index (χ1v) is 6.56. The van der Waals surface area contributed by atoms with E-state index in [-0.39, 0.29) is 11.3 Å². The predicted octanol–water partition coefficient (Wildman–Crippen LogP) is 1.91. The zero-order chi connectivity index (χ0) is 12.2.